The zero-order valence-electron chi connectivity index (χ0n) is 15.1. The van der Waals surface area contributed by atoms with Crippen LogP contribution in [0.4, 0.5) is 10.1 Å². The number of carbonyl (C=O) groups is 1. The summed E-state index contributed by atoms with van der Waals surface area (Å²) in [6, 6.07) is 13.0. The van der Waals surface area contributed by atoms with Crippen molar-refractivity contribution in [1.82, 2.24) is 4.90 Å². The van der Waals surface area contributed by atoms with Gasteiger partial charge in [0.1, 0.15) is 19.7 Å². The lowest BCUT2D eigenvalue weighted by atomic mass is 9.93. The highest BCUT2D eigenvalue weighted by Gasteiger charge is 2.31. The first-order chi connectivity index (χ1) is 13.0. The van der Waals surface area contributed by atoms with Crippen molar-refractivity contribution in [3.63, 3.8) is 0 Å². The van der Waals surface area contributed by atoms with Crippen LogP contribution in [0.3, 0.4) is 0 Å². The summed E-state index contributed by atoms with van der Waals surface area (Å²) in [7, 11) is 7.11. The smallest absolute Gasteiger partial charge is 0.327 e. The molecule has 0 N–H and O–H groups in total. The normalized spacial score (nSPS) is 15.8. The molecule has 0 amide bonds. The molecular weight excluding hydrogens is 344 g/mol. The second-order valence-corrected chi connectivity index (χ2v) is 6.39. The number of nitrogens with zero attached hydrogens (tertiary/aromatic N) is 3. The van der Waals surface area contributed by atoms with Gasteiger partial charge in [-0.2, -0.15) is 5.26 Å². The average Bonchev–Trinajstić information content (AvgIpc) is 2.70. The molecule has 1 saturated heterocycles. The summed E-state index contributed by atoms with van der Waals surface area (Å²) in [5.74, 6) is -0.747. The van der Waals surface area contributed by atoms with Gasteiger partial charge in [0.05, 0.1) is 24.4 Å². The molecule has 1 atom stereocenters. The average molecular weight is 363 g/mol. The number of halogens is 1. The van der Waals surface area contributed by atoms with Gasteiger partial charge in [-0.3, -0.25) is 4.90 Å². The van der Waals surface area contributed by atoms with Crippen LogP contribution in [0.2, 0.25) is 0 Å². The second-order valence-electron chi connectivity index (χ2n) is 6.39. The fraction of sp³-hybridized carbons (Fsp3) is 0.300. The van der Waals surface area contributed by atoms with Crippen LogP contribution in [0.1, 0.15) is 17.2 Å². The molecule has 1 unspecified atom stereocenters. The fourth-order valence-corrected chi connectivity index (χ4v) is 3.34. The number of hydrogen-bond acceptors (Lipinski definition) is 5. The van der Waals surface area contributed by atoms with Crippen LogP contribution in [0, 0.1) is 17.1 Å². The van der Waals surface area contributed by atoms with Gasteiger partial charge in [0.15, 0.2) is 0 Å². The minimum atomic E-state index is -0.524. The molecule has 2 aromatic rings. The molecule has 7 heteroatoms. The molecule has 136 valence electrons. The van der Waals surface area contributed by atoms with E-state index in [0.717, 1.165) is 5.56 Å². The van der Waals surface area contributed by atoms with Crippen molar-refractivity contribution in [2.45, 2.75) is 6.04 Å². The van der Waals surface area contributed by atoms with E-state index in [4.69, 9.17) is 17.8 Å². The van der Waals surface area contributed by atoms with E-state index >= 15 is 0 Å². The number of methoxy groups -OCH3 is 1. The standard InChI is InChI=1S/C20H19BFN3O2/c1-27-20(26)19(15-3-5-16(21)6-4-15)25-10-8-24(9-11-25)18-7-2-14(13-23)12-17(18)22/h2-7,12,19H,8-11H2,1H3. The number of piperazine rings is 1. The Morgan fingerprint density at radius 3 is 2.41 bits per heavy atom. The molecule has 1 aliphatic heterocycles. The number of esters is 1. The molecule has 0 aliphatic carbocycles. The molecule has 1 aliphatic rings. The Kier molecular flexibility index (Phi) is 5.77. The van der Waals surface area contributed by atoms with Crippen LogP contribution in [-0.2, 0) is 9.53 Å². The summed E-state index contributed by atoms with van der Waals surface area (Å²) in [5.41, 5.74) is 2.21. The maximum Gasteiger partial charge on any atom is 0.327 e. The molecule has 0 saturated carbocycles. The van der Waals surface area contributed by atoms with Crippen molar-refractivity contribution in [2.75, 3.05) is 38.2 Å². The van der Waals surface area contributed by atoms with Crippen molar-refractivity contribution in [1.29, 1.82) is 5.26 Å². The van der Waals surface area contributed by atoms with Gasteiger partial charge in [0.25, 0.3) is 0 Å². The zero-order chi connectivity index (χ0) is 19.4. The minimum Gasteiger partial charge on any atom is -0.468 e. The summed E-state index contributed by atoms with van der Waals surface area (Å²) < 4.78 is 19.3. The molecule has 5 nitrogen and oxygen atoms in total. The van der Waals surface area contributed by atoms with Crippen LogP contribution >= 0.6 is 0 Å². The molecule has 1 fully saturated rings. The molecule has 3 rings (SSSR count). The fourth-order valence-electron chi connectivity index (χ4n) is 3.34. The number of ether oxygens (including phenoxy) is 1. The Balaban J connectivity index is 1.75. The van der Waals surface area contributed by atoms with E-state index < -0.39 is 11.9 Å². The third-order valence-corrected chi connectivity index (χ3v) is 4.77. The molecule has 0 aromatic heterocycles. The molecule has 0 spiro atoms. The molecular formula is C20H19BFN3O2. The SMILES string of the molecule is [B]c1ccc(C(C(=O)OC)N2CCN(c3ccc(C#N)cc3F)CC2)cc1. The zero-order valence-corrected chi connectivity index (χ0v) is 15.1. The Bertz CT molecular complexity index is 859. The molecule has 27 heavy (non-hydrogen) atoms. The highest BCUT2D eigenvalue weighted by atomic mass is 19.1. The van der Waals surface area contributed by atoms with E-state index in [1.807, 2.05) is 28.0 Å². The van der Waals surface area contributed by atoms with Gasteiger partial charge < -0.3 is 9.64 Å². The summed E-state index contributed by atoms with van der Waals surface area (Å²) >= 11 is 0. The molecule has 1 heterocycles. The number of hydrogen-bond donors (Lipinski definition) is 0. The summed E-state index contributed by atoms with van der Waals surface area (Å²) in [6.45, 7) is 2.27. The third kappa shape index (κ3) is 4.12. The molecule has 0 bridgehead atoms. The van der Waals surface area contributed by atoms with Gasteiger partial charge >= 0.3 is 5.97 Å². The van der Waals surface area contributed by atoms with Gasteiger partial charge in [0.2, 0.25) is 0 Å². The Labute approximate surface area is 159 Å². The first-order valence-corrected chi connectivity index (χ1v) is 8.65. The highest BCUT2D eigenvalue weighted by Crippen LogP contribution is 2.26. The van der Waals surface area contributed by atoms with E-state index in [0.29, 0.717) is 42.9 Å². The van der Waals surface area contributed by atoms with E-state index in [-0.39, 0.29) is 5.97 Å². The van der Waals surface area contributed by atoms with Crippen molar-refractivity contribution < 1.29 is 13.9 Å². The summed E-state index contributed by atoms with van der Waals surface area (Å²) in [6.07, 6.45) is 0. The molecule has 2 radical (unpaired) electrons. The van der Waals surface area contributed by atoms with Gasteiger partial charge in [-0.25, -0.2) is 9.18 Å². The lowest BCUT2D eigenvalue weighted by Crippen LogP contribution is -2.49. The maximum atomic E-state index is 14.3. The topological polar surface area (TPSA) is 56.6 Å². The number of nitriles is 1. The monoisotopic (exact) mass is 363 g/mol. The number of rotatable bonds is 4. The summed E-state index contributed by atoms with van der Waals surface area (Å²) in [5, 5.41) is 8.87. The van der Waals surface area contributed by atoms with E-state index in [2.05, 4.69) is 0 Å². The largest absolute Gasteiger partial charge is 0.468 e. The lowest BCUT2D eigenvalue weighted by molar-refractivity contribution is -0.147. The number of carbonyl (C=O) groups excluding carboxylic acids is 1. The van der Waals surface area contributed by atoms with Crippen LogP contribution in [0.15, 0.2) is 42.5 Å². The predicted molar refractivity (Wildman–Crippen MR) is 101 cm³/mol. The van der Waals surface area contributed by atoms with Crippen molar-refractivity contribution >= 4 is 25.0 Å². The predicted octanol–water partition coefficient (Wildman–Crippen LogP) is 1.53. The van der Waals surface area contributed by atoms with Crippen molar-refractivity contribution in [2.24, 2.45) is 0 Å². The Hall–Kier alpha value is -2.85. The molecule has 2 aromatic carbocycles. The van der Waals surface area contributed by atoms with Gasteiger partial charge in [-0.1, -0.05) is 29.7 Å². The lowest BCUT2D eigenvalue weighted by Gasteiger charge is -2.39. The van der Waals surface area contributed by atoms with Crippen molar-refractivity contribution in [3.8, 4) is 6.07 Å². The Morgan fingerprint density at radius 1 is 1.19 bits per heavy atom. The summed E-state index contributed by atoms with van der Waals surface area (Å²) in [4.78, 5) is 16.3. The third-order valence-electron chi connectivity index (χ3n) is 4.77. The van der Waals surface area contributed by atoms with Gasteiger partial charge in [0, 0.05) is 26.2 Å². The van der Waals surface area contributed by atoms with Crippen molar-refractivity contribution in [3.05, 3.63) is 59.4 Å². The maximum absolute atomic E-state index is 14.3. The van der Waals surface area contributed by atoms with Crippen LogP contribution in [-0.4, -0.2) is 52.0 Å². The van der Waals surface area contributed by atoms with Crippen LogP contribution in [0.5, 0.6) is 0 Å². The minimum absolute atomic E-state index is 0.295. The van der Waals surface area contributed by atoms with E-state index in [1.54, 1.807) is 24.3 Å². The van der Waals surface area contributed by atoms with Gasteiger partial charge in [-0.05, 0) is 23.8 Å². The van der Waals surface area contributed by atoms with E-state index in [1.165, 1.54) is 13.2 Å². The van der Waals surface area contributed by atoms with Crippen LogP contribution < -0.4 is 10.4 Å². The highest BCUT2D eigenvalue weighted by molar-refractivity contribution is 6.32. The quantitative estimate of drug-likeness (QED) is 0.609. The van der Waals surface area contributed by atoms with Crippen LogP contribution in [0.25, 0.3) is 0 Å². The number of anilines is 1. The van der Waals surface area contributed by atoms with E-state index in [9.17, 15) is 9.18 Å². The second kappa shape index (κ2) is 8.23. The van der Waals surface area contributed by atoms with Gasteiger partial charge in [-0.15, -0.1) is 0 Å². The Morgan fingerprint density at radius 2 is 1.85 bits per heavy atom. The number of benzene rings is 2. The first kappa shape index (κ1) is 18.9. The first-order valence-electron chi connectivity index (χ1n) is 8.65.